The van der Waals surface area contributed by atoms with Crippen molar-refractivity contribution in [1.82, 2.24) is 54.8 Å². The predicted molar refractivity (Wildman–Crippen MR) is 585 cm³/mol. The Morgan fingerprint density at radius 2 is 0.567 bits per heavy atom. The topological polar surface area (TPSA) is 211 Å². The lowest BCUT2D eigenvalue weighted by Gasteiger charge is -2.28. The summed E-state index contributed by atoms with van der Waals surface area (Å²) in [6.07, 6.45) is 7.71. The molecule has 0 bridgehead atoms. The molecule has 6 heterocycles. The van der Waals surface area contributed by atoms with E-state index in [1.807, 2.05) is 152 Å². The third-order valence-electron chi connectivity index (χ3n) is 27.5. The summed E-state index contributed by atoms with van der Waals surface area (Å²) >= 11 is 25.2. The molecular weight excluding hydrogens is 1970 g/mol. The van der Waals surface area contributed by atoms with Gasteiger partial charge in [-0.05, 0) is 211 Å². The predicted octanol–water partition coefficient (Wildman–Crippen LogP) is 29.8. The summed E-state index contributed by atoms with van der Waals surface area (Å²) < 4.78 is 81.6. The highest BCUT2D eigenvalue weighted by atomic mass is 35.5. The number of nitrogens with zero attached hydrogens (tertiary/aromatic N) is 11. The third-order valence-corrected chi connectivity index (χ3v) is 28.6. The minimum Gasteiger partial charge on any atom is -0.383 e. The number of rotatable bonds is 22. The van der Waals surface area contributed by atoms with Crippen molar-refractivity contribution in [3.05, 3.63) is 520 Å². The molecule has 5 aliphatic carbocycles. The molecule has 0 fully saturated rings. The van der Waals surface area contributed by atoms with Gasteiger partial charge in [-0.3, -0.25) is 4.98 Å². The van der Waals surface area contributed by atoms with Crippen LogP contribution in [0.3, 0.4) is 0 Å². The lowest BCUT2D eigenvalue weighted by molar-refractivity contribution is -0.138. The minimum absolute atomic E-state index is 0.108. The number of methoxy groups -OCH3 is 1. The molecular formula is C123H100Cl4F6N16O. The molecule has 5 atom stereocenters. The molecule has 13 aromatic carbocycles. The van der Waals surface area contributed by atoms with Crippen molar-refractivity contribution in [2.24, 2.45) is 0 Å². The molecule has 19 aromatic rings. The lowest BCUT2D eigenvalue weighted by Crippen LogP contribution is -2.16. The first-order valence-corrected chi connectivity index (χ1v) is 51.0. The van der Waals surface area contributed by atoms with Crippen molar-refractivity contribution in [1.29, 1.82) is 0 Å². The fraction of sp³-hybridized carbons (Fsp3) is 0.163. The number of halogens is 10. The SMILES string of the molecule is COCCNc1ncc2c(n1)-c1ccccc1C(c1ccc(Cl)cc1)C2.Clc1ccc(C2Cc3cnc(NCCc4ccccc4)nc3-c3ccccc32)cc1.Clc1ccccc1C1Cc2cnc(NCc3ccccn3)nc2-c2ccccc21.FC(F)(F)c1ccc(CNc2ncc3c(n2)-c2ccccc2C(c2ccccc2)C3)cc1.FC(F)(F)c1ccc(CNc2ncc3c(n2)-c2ccccc2C(c2ccccc2Cl)C3)cc1. The first kappa shape index (κ1) is 101. The first-order valence-electron chi connectivity index (χ1n) is 49.5. The highest BCUT2D eigenvalue weighted by Gasteiger charge is 2.37. The molecule has 5 N–H and O–H groups in total. The van der Waals surface area contributed by atoms with Crippen LogP contribution in [0.4, 0.5) is 56.1 Å². The number of benzene rings is 13. The van der Waals surface area contributed by atoms with E-state index in [1.54, 1.807) is 13.3 Å². The van der Waals surface area contributed by atoms with Gasteiger partial charge < -0.3 is 31.3 Å². The zero-order valence-corrected chi connectivity index (χ0v) is 84.4. The summed E-state index contributed by atoms with van der Waals surface area (Å²) in [5.74, 6) is 3.94. The summed E-state index contributed by atoms with van der Waals surface area (Å²) in [7, 11) is 1.68. The van der Waals surface area contributed by atoms with Gasteiger partial charge in [-0.15, -0.1) is 0 Å². The molecule has 5 aliphatic rings. The van der Waals surface area contributed by atoms with Crippen molar-refractivity contribution in [2.75, 3.05) is 53.4 Å². The van der Waals surface area contributed by atoms with Gasteiger partial charge in [0.2, 0.25) is 29.7 Å². The molecule has 150 heavy (non-hydrogen) atoms. The number of hydrogen-bond acceptors (Lipinski definition) is 17. The van der Waals surface area contributed by atoms with Crippen LogP contribution in [-0.2, 0) is 75.2 Å². The standard InChI is InChI=1S/C26H19ClF3N3.C26H22ClN3.C26H20F3N3.C24H19ClN4.C21H20ClN3O/c27-23-8-4-3-6-20(23)22-13-17-15-32-25(33-24(17)21-7-2-1-5-19(21)22)31-14-16-9-11-18(12-10-16)26(28,29)30;27-21-12-10-19(11-13-21)24-16-20-17-29-26(28-15-14-18-6-2-1-3-7-18)30-25(20)23-9-5-4-8-22(23)24;27-26(28,29)20-12-10-17(11-13-20)15-30-25-31-16-19-14-23(18-6-2-1-3-7-18)21-8-4-5-9-22(21)24(19)32-25;25-22-11-4-3-9-19(22)21-13-16-14-27-24(28-15-17-7-5-6-12-26-17)29-23(16)20-10-2-1-8-18(20)21;1-26-11-10-23-21-24-13-15-12-19(14-6-8-16(22)9-7-14)17-4-2-3-5-18(17)20(15)25-21/h1-12,15,22H,13-14H2,(H,31,32,33);1-13,17,24H,14-16H2,(H,28,29,30);1-13,16,23H,14-15H2,(H,30,31,32);1-12,14,21H,13,15H2,(H,27,28,29);2-9,13,19H,10-12H2,1H3,(H,23,24,25). The number of ether oxygens (including phenoxy) is 1. The second-order valence-corrected chi connectivity index (χ2v) is 38.7. The second kappa shape index (κ2) is 46.7. The molecule has 0 saturated heterocycles. The molecule has 17 nitrogen and oxygen atoms in total. The van der Waals surface area contributed by atoms with Crippen LogP contribution in [0, 0.1) is 0 Å². The molecule has 0 saturated carbocycles. The van der Waals surface area contributed by atoms with E-state index in [-0.39, 0.29) is 29.6 Å². The van der Waals surface area contributed by atoms with Gasteiger partial charge in [0.15, 0.2) is 0 Å². The second-order valence-electron chi connectivity index (χ2n) is 37.0. The Bertz CT molecular complexity index is 7930. The number of pyridine rings is 1. The summed E-state index contributed by atoms with van der Waals surface area (Å²) in [6.45, 7) is 3.35. The van der Waals surface area contributed by atoms with Gasteiger partial charge in [0.1, 0.15) is 0 Å². The van der Waals surface area contributed by atoms with Crippen LogP contribution in [0.1, 0.15) is 147 Å². The monoisotopic (exact) mass is 2070 g/mol. The highest BCUT2D eigenvalue weighted by Crippen LogP contribution is 2.50. The molecule has 27 heteroatoms. The van der Waals surface area contributed by atoms with Gasteiger partial charge in [0, 0.05) is 148 Å². The van der Waals surface area contributed by atoms with Crippen LogP contribution in [0.2, 0.25) is 20.1 Å². The molecule has 748 valence electrons. The maximum atomic E-state index is 12.8. The molecule has 0 radical (unpaired) electrons. The Hall–Kier alpha value is -15.9. The number of alkyl halides is 6. The van der Waals surface area contributed by atoms with Gasteiger partial charge >= 0.3 is 12.4 Å². The average molecular weight is 2070 g/mol. The lowest BCUT2D eigenvalue weighted by atomic mass is 9.78. The average Bonchev–Trinajstić information content (AvgIpc) is 0.994. The van der Waals surface area contributed by atoms with Crippen LogP contribution in [-0.4, -0.2) is 81.6 Å². The van der Waals surface area contributed by atoms with Crippen LogP contribution in [0.5, 0.6) is 0 Å². The molecule has 0 amide bonds. The van der Waals surface area contributed by atoms with Gasteiger partial charge in [0.25, 0.3) is 0 Å². The Kier molecular flexibility index (Phi) is 31.5. The normalized spacial score (nSPS) is 14.9. The quantitative estimate of drug-likeness (QED) is 0.0315. The number of anilines is 5. The van der Waals surface area contributed by atoms with Gasteiger partial charge in [-0.25, -0.2) is 49.8 Å². The summed E-state index contributed by atoms with van der Waals surface area (Å²) in [4.78, 5) is 50.9. The van der Waals surface area contributed by atoms with Crippen LogP contribution < -0.4 is 26.6 Å². The van der Waals surface area contributed by atoms with Crippen molar-refractivity contribution < 1.29 is 31.1 Å². The van der Waals surface area contributed by atoms with Crippen LogP contribution in [0.25, 0.3) is 56.3 Å². The molecule has 24 rings (SSSR count). The Morgan fingerprint density at radius 3 is 0.907 bits per heavy atom. The summed E-state index contributed by atoms with van der Waals surface area (Å²) in [5.41, 5.74) is 30.6. The van der Waals surface area contributed by atoms with Gasteiger partial charge in [0.05, 0.1) is 58.4 Å². The molecule has 0 spiro atoms. The van der Waals surface area contributed by atoms with E-state index in [0.717, 1.165) is 179 Å². The number of hydrogen-bond donors (Lipinski definition) is 5. The maximum Gasteiger partial charge on any atom is 0.416 e. The molecule has 0 aliphatic heterocycles. The van der Waals surface area contributed by atoms with Crippen molar-refractivity contribution in [2.45, 2.75) is 100 Å². The third kappa shape index (κ3) is 23.9. The largest absolute Gasteiger partial charge is 0.416 e. The number of fused-ring (bicyclic) bond motifs is 15. The summed E-state index contributed by atoms with van der Waals surface area (Å²) in [6, 6.07) is 111. The van der Waals surface area contributed by atoms with Crippen molar-refractivity contribution >= 4 is 76.1 Å². The highest BCUT2D eigenvalue weighted by molar-refractivity contribution is 6.32. The Labute approximate surface area is 885 Å². The zero-order chi connectivity index (χ0) is 103. The number of aromatic nitrogens is 11. The van der Waals surface area contributed by atoms with E-state index in [9.17, 15) is 26.3 Å². The van der Waals surface area contributed by atoms with Crippen molar-refractivity contribution in [3.8, 4) is 56.3 Å². The maximum absolute atomic E-state index is 12.8. The first-order chi connectivity index (χ1) is 73.2. The molecule has 6 aromatic heterocycles. The fourth-order valence-electron chi connectivity index (χ4n) is 20.0. The summed E-state index contributed by atoms with van der Waals surface area (Å²) in [5, 5.41) is 19.2. The van der Waals surface area contributed by atoms with Crippen molar-refractivity contribution in [3.63, 3.8) is 0 Å². The minimum atomic E-state index is -4.34. The molecule has 5 unspecified atom stereocenters. The smallest absolute Gasteiger partial charge is 0.383 e. The fourth-order valence-corrected chi connectivity index (χ4v) is 20.8. The van der Waals surface area contributed by atoms with Crippen LogP contribution in [0.15, 0.2) is 383 Å². The zero-order valence-electron chi connectivity index (χ0n) is 81.4. The van der Waals surface area contributed by atoms with E-state index in [4.69, 9.17) is 76.1 Å². The van der Waals surface area contributed by atoms with Gasteiger partial charge in [-0.1, -0.05) is 319 Å². The number of nitrogens with one attached hydrogen (secondary N) is 5. The van der Waals surface area contributed by atoms with Gasteiger partial charge in [-0.2, -0.15) is 26.3 Å². The van der Waals surface area contributed by atoms with E-state index < -0.39 is 23.5 Å². The Morgan fingerprint density at radius 1 is 0.273 bits per heavy atom. The van der Waals surface area contributed by atoms with E-state index in [1.165, 1.54) is 91.0 Å². The van der Waals surface area contributed by atoms with E-state index in [0.29, 0.717) is 68.1 Å². The van der Waals surface area contributed by atoms with E-state index >= 15 is 0 Å². The Balaban J connectivity index is 0.000000114. The van der Waals surface area contributed by atoms with E-state index in [2.05, 4.69) is 232 Å². The van der Waals surface area contributed by atoms with Crippen LogP contribution >= 0.6 is 46.4 Å².